The number of unbranched alkanes of at least 4 members (excludes halogenated alkanes) is 9. The van der Waals surface area contributed by atoms with Crippen LogP contribution in [0.5, 0.6) is 11.5 Å². The summed E-state index contributed by atoms with van der Waals surface area (Å²) in [6, 6.07) is 13.1. The molecule has 1 heterocycles. The van der Waals surface area contributed by atoms with Crippen LogP contribution >= 0.6 is 0 Å². The van der Waals surface area contributed by atoms with Crippen molar-refractivity contribution in [3.05, 3.63) is 48.0 Å². The van der Waals surface area contributed by atoms with Crippen molar-refractivity contribution in [3.8, 4) is 22.8 Å². The van der Waals surface area contributed by atoms with Crippen molar-refractivity contribution in [3.63, 3.8) is 0 Å². The number of phenols is 2. The number of benzene rings is 2. The average Bonchev–Trinajstić information content (AvgIpc) is 3.11. The van der Waals surface area contributed by atoms with E-state index in [1.807, 2.05) is 24.3 Å². The summed E-state index contributed by atoms with van der Waals surface area (Å²) >= 11 is -0.592. The summed E-state index contributed by atoms with van der Waals surface area (Å²) in [5, 5.41) is 20.8. The highest BCUT2D eigenvalue weighted by Crippen LogP contribution is 2.36. The van der Waals surface area contributed by atoms with E-state index in [2.05, 4.69) is 18.4 Å². The van der Waals surface area contributed by atoms with Gasteiger partial charge in [-0.15, -0.1) is 0 Å². The molecule has 3 rings (SSSR count). The smallest absolute Gasteiger partial charge is 0.116 e. The number of rotatable bonds is 16. The highest BCUT2D eigenvalue weighted by molar-refractivity contribution is 7.91. The number of nitrogens with zero attached hydrogens (tertiary/aromatic N) is 1. The molecule has 0 saturated heterocycles. The van der Waals surface area contributed by atoms with Gasteiger partial charge in [-0.2, -0.15) is 0 Å². The van der Waals surface area contributed by atoms with Gasteiger partial charge in [0.2, 0.25) is 0 Å². The molecule has 0 radical (unpaired) electrons. The topological polar surface area (TPSA) is 68.5 Å². The van der Waals surface area contributed by atoms with Crippen molar-refractivity contribution in [2.24, 2.45) is 0 Å². The molecule has 2 aromatic carbocycles. The van der Waals surface area contributed by atoms with E-state index in [9.17, 15) is 14.8 Å². The van der Waals surface area contributed by atoms with Gasteiger partial charge in [0.05, 0.1) is 5.69 Å². The maximum absolute atomic E-state index is 11.7. The van der Waals surface area contributed by atoms with Crippen molar-refractivity contribution in [1.29, 1.82) is 0 Å². The van der Waals surface area contributed by atoms with Gasteiger partial charge in [0.25, 0.3) is 0 Å². The Morgan fingerprint density at radius 3 is 1.94 bits per heavy atom. The number of aromatic hydroxyl groups is 2. The first-order valence-electron chi connectivity index (χ1n) is 13.5. The molecular formula is C30H43NO3S. The maximum Gasteiger partial charge on any atom is 0.116 e. The van der Waals surface area contributed by atoms with Gasteiger partial charge < -0.3 is 19.3 Å². The first-order valence-corrected chi connectivity index (χ1v) is 15.0. The van der Waals surface area contributed by atoms with Crippen LogP contribution in [0.3, 0.4) is 0 Å². The summed E-state index contributed by atoms with van der Waals surface area (Å²) < 4.78 is 14.0. The lowest BCUT2D eigenvalue weighted by Crippen LogP contribution is -2.10. The van der Waals surface area contributed by atoms with Crippen LogP contribution in [0.2, 0.25) is 0 Å². The highest BCUT2D eigenvalue weighted by atomic mass is 32.2. The predicted molar refractivity (Wildman–Crippen MR) is 150 cm³/mol. The SMILES string of the molecule is CCC[S+]([O-])CCCCCCCCCCCCn1c(-c2ccc(O)cc2)c(C)c2cc(O)ccc21. The average molecular weight is 498 g/mol. The number of hydrogen-bond acceptors (Lipinski definition) is 3. The standard InChI is InChI=1S/C30H43NO3S/c1-3-21-35(34)22-13-11-9-7-5-4-6-8-10-12-20-31-29-19-18-27(33)23-28(29)24(2)30(31)25-14-16-26(32)17-15-25/h14-19,23,32-33H,3-13,20-22H2,1-2H3. The van der Waals surface area contributed by atoms with E-state index < -0.39 is 11.2 Å². The van der Waals surface area contributed by atoms with E-state index in [4.69, 9.17) is 0 Å². The minimum absolute atomic E-state index is 0.273. The van der Waals surface area contributed by atoms with E-state index >= 15 is 0 Å². The number of aromatic nitrogens is 1. The van der Waals surface area contributed by atoms with Crippen LogP contribution in [0.25, 0.3) is 22.2 Å². The normalized spacial score (nSPS) is 12.4. The molecule has 0 aliphatic rings. The lowest BCUT2D eigenvalue weighted by molar-refractivity contribution is 0.475. The number of fused-ring (bicyclic) bond motifs is 1. The molecule has 0 saturated carbocycles. The second kappa shape index (κ2) is 14.4. The fraction of sp³-hybridized carbons (Fsp3) is 0.533. The van der Waals surface area contributed by atoms with Crippen molar-refractivity contribution in [2.45, 2.75) is 91.0 Å². The Kier molecular flexibility index (Phi) is 11.3. The molecule has 2 N–H and O–H groups in total. The van der Waals surface area contributed by atoms with Crippen molar-refractivity contribution in [2.75, 3.05) is 11.5 Å². The van der Waals surface area contributed by atoms with E-state index in [1.54, 1.807) is 18.2 Å². The third-order valence-corrected chi connectivity index (χ3v) is 8.48. The monoisotopic (exact) mass is 497 g/mol. The van der Waals surface area contributed by atoms with Gasteiger partial charge in [-0.25, -0.2) is 0 Å². The highest BCUT2D eigenvalue weighted by Gasteiger charge is 2.16. The fourth-order valence-electron chi connectivity index (χ4n) is 5.01. The molecule has 0 fully saturated rings. The van der Waals surface area contributed by atoms with Crippen molar-refractivity contribution < 1.29 is 14.8 Å². The molecule has 1 atom stereocenters. The fourth-order valence-corrected chi connectivity index (χ4v) is 6.20. The summed E-state index contributed by atoms with van der Waals surface area (Å²) in [5.41, 5.74) is 4.58. The Labute approximate surface area is 214 Å². The molecule has 4 nitrogen and oxygen atoms in total. The molecule has 1 unspecified atom stereocenters. The van der Waals surface area contributed by atoms with E-state index in [1.165, 1.54) is 57.1 Å². The Balaban J connectivity index is 1.42. The minimum Gasteiger partial charge on any atom is -0.616 e. The summed E-state index contributed by atoms with van der Waals surface area (Å²) in [6.45, 7) is 5.17. The van der Waals surface area contributed by atoms with Crippen LogP contribution in [-0.4, -0.2) is 30.8 Å². The second-order valence-electron chi connectivity index (χ2n) is 9.76. The van der Waals surface area contributed by atoms with Crippen LogP contribution in [0.15, 0.2) is 42.5 Å². The number of aryl methyl sites for hydroxylation is 2. The maximum atomic E-state index is 11.7. The lowest BCUT2D eigenvalue weighted by Gasteiger charge is -2.12. The van der Waals surface area contributed by atoms with Crippen molar-refractivity contribution in [1.82, 2.24) is 4.57 Å². The molecule has 3 aromatic rings. The zero-order chi connectivity index (χ0) is 25.0. The summed E-state index contributed by atoms with van der Waals surface area (Å²) in [4.78, 5) is 0. The lowest BCUT2D eigenvalue weighted by atomic mass is 10.1. The molecule has 0 aliphatic carbocycles. The Morgan fingerprint density at radius 1 is 0.743 bits per heavy atom. The van der Waals surface area contributed by atoms with E-state index in [0.717, 1.165) is 59.3 Å². The van der Waals surface area contributed by atoms with Crippen LogP contribution in [0.4, 0.5) is 0 Å². The van der Waals surface area contributed by atoms with Gasteiger partial charge >= 0.3 is 0 Å². The molecule has 0 spiro atoms. The van der Waals surface area contributed by atoms with Crippen LogP contribution < -0.4 is 0 Å². The summed E-state index contributed by atoms with van der Waals surface area (Å²) in [5.74, 6) is 2.32. The Morgan fingerprint density at radius 2 is 1.31 bits per heavy atom. The molecule has 35 heavy (non-hydrogen) atoms. The summed E-state index contributed by atoms with van der Waals surface area (Å²) in [7, 11) is 0. The number of hydrogen-bond donors (Lipinski definition) is 2. The second-order valence-corrected chi connectivity index (χ2v) is 11.5. The molecule has 0 aliphatic heterocycles. The zero-order valence-electron chi connectivity index (χ0n) is 21.6. The van der Waals surface area contributed by atoms with Crippen LogP contribution in [-0.2, 0) is 17.7 Å². The van der Waals surface area contributed by atoms with Crippen molar-refractivity contribution >= 4 is 22.1 Å². The quantitative estimate of drug-likeness (QED) is 0.155. The van der Waals surface area contributed by atoms with Crippen LogP contribution in [0.1, 0.15) is 83.1 Å². The molecular weight excluding hydrogens is 454 g/mol. The van der Waals surface area contributed by atoms with E-state index in [0.29, 0.717) is 5.75 Å². The van der Waals surface area contributed by atoms with Gasteiger partial charge in [-0.3, -0.25) is 0 Å². The number of phenolic OH excluding ortho intramolecular Hbond substituents is 2. The summed E-state index contributed by atoms with van der Waals surface area (Å²) in [6.07, 6.45) is 13.5. The molecule has 5 heteroatoms. The molecule has 1 aromatic heterocycles. The first-order chi connectivity index (χ1) is 17.0. The van der Waals surface area contributed by atoms with E-state index in [-0.39, 0.29) is 5.75 Å². The Hall–Kier alpha value is -2.11. The third kappa shape index (κ3) is 8.22. The minimum atomic E-state index is -0.592. The van der Waals surface area contributed by atoms with Gasteiger partial charge in [-0.05, 0) is 86.2 Å². The third-order valence-electron chi connectivity index (χ3n) is 6.88. The first kappa shape index (κ1) is 27.5. The molecule has 0 amide bonds. The molecule has 0 bridgehead atoms. The zero-order valence-corrected chi connectivity index (χ0v) is 22.4. The Bertz CT molecular complexity index is 1030. The van der Waals surface area contributed by atoms with Gasteiger partial charge in [-0.1, -0.05) is 63.0 Å². The van der Waals surface area contributed by atoms with Crippen LogP contribution in [0, 0.1) is 6.92 Å². The largest absolute Gasteiger partial charge is 0.616 e. The van der Waals surface area contributed by atoms with Gasteiger partial charge in [0, 0.05) is 17.4 Å². The predicted octanol–water partition coefficient (Wildman–Crippen LogP) is 8.09. The van der Waals surface area contributed by atoms with Gasteiger partial charge in [0.15, 0.2) is 0 Å². The van der Waals surface area contributed by atoms with Gasteiger partial charge in [0.1, 0.15) is 23.0 Å². The molecule has 192 valence electrons.